The van der Waals surface area contributed by atoms with E-state index in [9.17, 15) is 4.79 Å². The first-order valence-electron chi connectivity index (χ1n) is 4.34. The van der Waals surface area contributed by atoms with Gasteiger partial charge in [-0.25, -0.2) is 4.79 Å². The molecule has 0 amide bonds. The van der Waals surface area contributed by atoms with Crippen molar-refractivity contribution in [2.75, 3.05) is 0 Å². The monoisotopic (exact) mass is 171 g/mol. The molecule has 0 aliphatic carbocycles. The van der Waals surface area contributed by atoms with Crippen LogP contribution in [-0.2, 0) is 4.79 Å². The first kappa shape index (κ1) is 11.0. The summed E-state index contributed by atoms with van der Waals surface area (Å²) in [5.74, 6) is -0.872. The van der Waals surface area contributed by atoms with Crippen LogP contribution in [0, 0.1) is 0 Å². The minimum absolute atomic E-state index is 0.388. The van der Waals surface area contributed by atoms with Gasteiger partial charge in [0.2, 0.25) is 0 Å². The molecule has 0 aromatic heterocycles. The van der Waals surface area contributed by atoms with Gasteiger partial charge in [0.05, 0.1) is 5.57 Å². The largest absolute Gasteiger partial charge is 0.478 e. The number of unbranched alkanes of at least 4 members (excludes halogenated alkanes) is 1. The topological polar surface area (TPSA) is 63.3 Å². The van der Waals surface area contributed by atoms with Crippen molar-refractivity contribution in [2.45, 2.75) is 39.5 Å². The Morgan fingerprint density at radius 1 is 1.42 bits per heavy atom. The minimum atomic E-state index is -0.872. The van der Waals surface area contributed by atoms with Gasteiger partial charge in [0.15, 0.2) is 0 Å². The fourth-order valence-corrected chi connectivity index (χ4v) is 0.972. The third-order valence-corrected chi connectivity index (χ3v) is 1.81. The molecule has 3 N–H and O–H groups in total. The Hall–Kier alpha value is -0.990. The molecule has 0 saturated carbocycles. The molecule has 0 radical (unpaired) electrons. The van der Waals surface area contributed by atoms with Crippen LogP contribution in [0.15, 0.2) is 11.3 Å². The second kappa shape index (κ2) is 5.63. The van der Waals surface area contributed by atoms with Gasteiger partial charge in [-0.15, -0.1) is 0 Å². The van der Waals surface area contributed by atoms with Crippen molar-refractivity contribution >= 4 is 5.97 Å². The van der Waals surface area contributed by atoms with Crippen molar-refractivity contribution < 1.29 is 9.90 Å². The van der Waals surface area contributed by atoms with Gasteiger partial charge < -0.3 is 10.8 Å². The number of rotatable bonds is 5. The maximum absolute atomic E-state index is 10.7. The summed E-state index contributed by atoms with van der Waals surface area (Å²) in [6, 6.07) is 0. The lowest BCUT2D eigenvalue weighted by Gasteiger charge is -2.04. The number of carbonyl (C=O) groups is 1. The fraction of sp³-hybridized carbons (Fsp3) is 0.667. The van der Waals surface area contributed by atoms with Crippen LogP contribution in [0.5, 0.6) is 0 Å². The number of allylic oxidation sites excluding steroid dienone is 1. The lowest BCUT2D eigenvalue weighted by Crippen LogP contribution is -2.10. The van der Waals surface area contributed by atoms with E-state index in [1.807, 2.05) is 13.8 Å². The Kier molecular flexibility index (Phi) is 5.17. The van der Waals surface area contributed by atoms with E-state index >= 15 is 0 Å². The zero-order chi connectivity index (χ0) is 9.56. The summed E-state index contributed by atoms with van der Waals surface area (Å²) in [6.45, 7) is 3.89. The average molecular weight is 171 g/mol. The minimum Gasteiger partial charge on any atom is -0.478 e. The van der Waals surface area contributed by atoms with Gasteiger partial charge in [0, 0.05) is 5.70 Å². The molecule has 12 heavy (non-hydrogen) atoms. The van der Waals surface area contributed by atoms with Gasteiger partial charge in [0.25, 0.3) is 0 Å². The molecule has 0 atom stereocenters. The number of aliphatic carboxylic acids is 1. The lowest BCUT2D eigenvalue weighted by molar-refractivity contribution is -0.132. The number of carboxylic acid groups (broad SMARTS) is 1. The van der Waals surface area contributed by atoms with Crippen LogP contribution in [0.1, 0.15) is 39.5 Å². The van der Waals surface area contributed by atoms with Crippen LogP contribution in [0.2, 0.25) is 0 Å². The van der Waals surface area contributed by atoms with E-state index in [0.29, 0.717) is 24.1 Å². The summed E-state index contributed by atoms with van der Waals surface area (Å²) in [7, 11) is 0. The fourth-order valence-electron chi connectivity index (χ4n) is 0.972. The quantitative estimate of drug-likeness (QED) is 0.621. The second-order valence-corrected chi connectivity index (χ2v) is 2.77. The van der Waals surface area contributed by atoms with Crippen molar-refractivity contribution in [1.29, 1.82) is 0 Å². The molecule has 0 bridgehead atoms. The van der Waals surface area contributed by atoms with Gasteiger partial charge >= 0.3 is 5.97 Å². The van der Waals surface area contributed by atoms with Crippen molar-refractivity contribution in [3.05, 3.63) is 11.3 Å². The molecule has 0 fully saturated rings. The van der Waals surface area contributed by atoms with E-state index < -0.39 is 5.97 Å². The van der Waals surface area contributed by atoms with Gasteiger partial charge in [-0.05, 0) is 19.3 Å². The Morgan fingerprint density at radius 2 is 2.00 bits per heavy atom. The SMILES string of the molecule is CCCC/C(C(=O)O)=C(/N)CC. The molecule has 70 valence electrons. The second-order valence-electron chi connectivity index (χ2n) is 2.77. The van der Waals surface area contributed by atoms with Crippen LogP contribution < -0.4 is 5.73 Å². The van der Waals surface area contributed by atoms with Crippen molar-refractivity contribution in [1.82, 2.24) is 0 Å². The van der Waals surface area contributed by atoms with Crippen molar-refractivity contribution in [2.24, 2.45) is 5.73 Å². The van der Waals surface area contributed by atoms with E-state index in [4.69, 9.17) is 10.8 Å². The van der Waals surface area contributed by atoms with Crippen molar-refractivity contribution in [3.63, 3.8) is 0 Å². The standard InChI is InChI=1S/C9H17NO2/c1-3-5-6-7(9(11)12)8(10)4-2/h3-6,10H2,1-2H3,(H,11,12)/b8-7-. The molecular weight excluding hydrogens is 154 g/mol. The highest BCUT2D eigenvalue weighted by molar-refractivity contribution is 5.87. The first-order valence-corrected chi connectivity index (χ1v) is 4.34. The molecule has 3 nitrogen and oxygen atoms in total. The lowest BCUT2D eigenvalue weighted by atomic mass is 10.1. The summed E-state index contributed by atoms with van der Waals surface area (Å²) in [5, 5.41) is 8.76. The number of hydrogen-bond donors (Lipinski definition) is 2. The molecule has 0 aromatic rings. The van der Waals surface area contributed by atoms with Gasteiger partial charge in [-0.1, -0.05) is 20.3 Å². The molecule has 0 aliphatic heterocycles. The molecule has 0 aromatic carbocycles. The summed E-state index contributed by atoms with van der Waals surface area (Å²) < 4.78 is 0. The Labute approximate surface area is 73.3 Å². The van der Waals surface area contributed by atoms with Gasteiger partial charge in [0.1, 0.15) is 0 Å². The summed E-state index contributed by atoms with van der Waals surface area (Å²) in [6.07, 6.45) is 3.09. The third-order valence-electron chi connectivity index (χ3n) is 1.81. The zero-order valence-corrected chi connectivity index (χ0v) is 7.76. The highest BCUT2D eigenvalue weighted by Crippen LogP contribution is 2.11. The van der Waals surface area contributed by atoms with Gasteiger partial charge in [-0.3, -0.25) is 0 Å². The highest BCUT2D eigenvalue weighted by Gasteiger charge is 2.09. The predicted octanol–water partition coefficient (Wildman–Crippen LogP) is 1.88. The molecular formula is C9H17NO2. The molecule has 0 aliphatic rings. The predicted molar refractivity (Wildman–Crippen MR) is 48.7 cm³/mol. The molecule has 0 saturated heterocycles. The van der Waals surface area contributed by atoms with E-state index in [2.05, 4.69) is 0 Å². The van der Waals surface area contributed by atoms with Crippen LogP contribution in [-0.4, -0.2) is 11.1 Å². The average Bonchev–Trinajstić information content (AvgIpc) is 2.04. The summed E-state index contributed by atoms with van der Waals surface area (Å²) >= 11 is 0. The Morgan fingerprint density at radius 3 is 2.33 bits per heavy atom. The van der Waals surface area contributed by atoms with Crippen molar-refractivity contribution in [3.8, 4) is 0 Å². The van der Waals surface area contributed by atoms with E-state index in [1.54, 1.807) is 0 Å². The normalized spacial score (nSPS) is 12.5. The maximum Gasteiger partial charge on any atom is 0.333 e. The molecule has 0 rings (SSSR count). The van der Waals surface area contributed by atoms with Gasteiger partial charge in [-0.2, -0.15) is 0 Å². The number of carboxylic acids is 1. The summed E-state index contributed by atoms with van der Waals surface area (Å²) in [5.41, 5.74) is 6.46. The van der Waals surface area contributed by atoms with Crippen LogP contribution in [0.3, 0.4) is 0 Å². The Bertz CT molecular complexity index is 185. The smallest absolute Gasteiger partial charge is 0.333 e. The molecule has 0 spiro atoms. The highest BCUT2D eigenvalue weighted by atomic mass is 16.4. The zero-order valence-electron chi connectivity index (χ0n) is 7.76. The third kappa shape index (κ3) is 3.42. The first-order chi connectivity index (χ1) is 5.63. The van der Waals surface area contributed by atoms with E-state index in [1.165, 1.54) is 0 Å². The van der Waals surface area contributed by atoms with Crippen LogP contribution in [0.4, 0.5) is 0 Å². The molecule has 3 heteroatoms. The molecule has 0 heterocycles. The Balaban J connectivity index is 4.33. The number of nitrogens with two attached hydrogens (primary N) is 1. The van der Waals surface area contributed by atoms with E-state index in [-0.39, 0.29) is 0 Å². The summed E-state index contributed by atoms with van der Waals surface area (Å²) in [4.78, 5) is 10.7. The van der Waals surface area contributed by atoms with Crippen LogP contribution >= 0.6 is 0 Å². The molecule has 0 unspecified atom stereocenters. The maximum atomic E-state index is 10.7. The van der Waals surface area contributed by atoms with E-state index in [0.717, 1.165) is 12.8 Å². The number of hydrogen-bond acceptors (Lipinski definition) is 2. The van der Waals surface area contributed by atoms with Crippen LogP contribution in [0.25, 0.3) is 0 Å².